The fourth-order valence-electron chi connectivity index (χ4n) is 4.48. The van der Waals surface area contributed by atoms with E-state index in [-0.39, 0.29) is 23.8 Å². The molecular formula is C24H28N2O3. The Balaban J connectivity index is 1.34. The van der Waals surface area contributed by atoms with Gasteiger partial charge in [-0.3, -0.25) is 19.4 Å². The summed E-state index contributed by atoms with van der Waals surface area (Å²) in [6.45, 7) is 4.76. The number of carbonyl (C=O) groups excluding carboxylic acids is 2. The number of amides is 2. The molecule has 2 amide bonds. The van der Waals surface area contributed by atoms with Crippen LogP contribution in [0.25, 0.3) is 0 Å². The number of hydrogen-bond donors (Lipinski definition) is 0. The molecule has 2 aromatic rings. The summed E-state index contributed by atoms with van der Waals surface area (Å²) < 4.78 is 5.78. The van der Waals surface area contributed by atoms with Gasteiger partial charge < -0.3 is 4.74 Å². The van der Waals surface area contributed by atoms with Crippen LogP contribution in [0.3, 0.4) is 0 Å². The molecule has 2 fully saturated rings. The Morgan fingerprint density at radius 2 is 1.72 bits per heavy atom. The number of hydrogen-bond acceptors (Lipinski definition) is 4. The zero-order valence-corrected chi connectivity index (χ0v) is 16.9. The number of piperidine rings is 1. The van der Waals surface area contributed by atoms with E-state index in [0.29, 0.717) is 13.0 Å². The Morgan fingerprint density at radius 1 is 1.07 bits per heavy atom. The maximum absolute atomic E-state index is 13.0. The number of ether oxygens (including phenoxy) is 1. The van der Waals surface area contributed by atoms with Crippen LogP contribution in [0.2, 0.25) is 0 Å². The first-order valence-electron chi connectivity index (χ1n) is 10.4. The zero-order valence-electron chi connectivity index (χ0n) is 16.9. The summed E-state index contributed by atoms with van der Waals surface area (Å²) in [5, 5.41) is 0. The molecule has 0 N–H and O–H groups in total. The molecule has 3 atom stereocenters. The summed E-state index contributed by atoms with van der Waals surface area (Å²) in [5.41, 5.74) is 2.30. The van der Waals surface area contributed by atoms with Crippen molar-refractivity contribution in [3.05, 3.63) is 71.8 Å². The molecule has 0 spiro atoms. The summed E-state index contributed by atoms with van der Waals surface area (Å²) in [6.07, 6.45) is 0.660. The number of imide groups is 1. The molecule has 0 bridgehead atoms. The van der Waals surface area contributed by atoms with Gasteiger partial charge in [0, 0.05) is 38.0 Å². The van der Waals surface area contributed by atoms with E-state index in [1.54, 1.807) is 6.92 Å². The topological polar surface area (TPSA) is 49.9 Å². The van der Waals surface area contributed by atoms with Gasteiger partial charge in [0.2, 0.25) is 5.91 Å². The molecule has 0 saturated carbocycles. The standard InChI is InChI=1S/C24H28N2O3/c1-18(29-17-20-10-6-3-7-11-20)24(28)26-22-12-13-25(16-21(22)14-23(26)27)15-19-8-4-2-5-9-19/h2-11,18,21-22H,12-17H2,1H3/t18-,21-,22+/m0/s1. The molecule has 2 aliphatic heterocycles. The van der Waals surface area contributed by atoms with E-state index in [4.69, 9.17) is 4.74 Å². The van der Waals surface area contributed by atoms with Crippen molar-refractivity contribution in [2.45, 2.75) is 45.1 Å². The zero-order chi connectivity index (χ0) is 20.2. The van der Waals surface area contributed by atoms with Gasteiger partial charge in [0.15, 0.2) is 0 Å². The van der Waals surface area contributed by atoms with Gasteiger partial charge in [-0.2, -0.15) is 0 Å². The van der Waals surface area contributed by atoms with Crippen molar-refractivity contribution in [2.75, 3.05) is 13.1 Å². The van der Waals surface area contributed by atoms with Crippen LogP contribution in [0.4, 0.5) is 0 Å². The Bertz CT molecular complexity index is 840. The molecule has 2 saturated heterocycles. The molecule has 152 valence electrons. The molecule has 0 unspecified atom stereocenters. The lowest BCUT2D eigenvalue weighted by Gasteiger charge is -2.37. The van der Waals surface area contributed by atoms with Crippen molar-refractivity contribution in [1.82, 2.24) is 9.80 Å². The van der Waals surface area contributed by atoms with Gasteiger partial charge in [-0.1, -0.05) is 60.7 Å². The summed E-state index contributed by atoms with van der Waals surface area (Å²) in [6, 6.07) is 20.2. The van der Waals surface area contributed by atoms with Crippen molar-refractivity contribution in [3.63, 3.8) is 0 Å². The van der Waals surface area contributed by atoms with Gasteiger partial charge in [0.1, 0.15) is 6.10 Å². The summed E-state index contributed by atoms with van der Waals surface area (Å²) in [4.78, 5) is 29.5. The molecule has 5 heteroatoms. The Morgan fingerprint density at radius 3 is 2.41 bits per heavy atom. The molecule has 0 aliphatic carbocycles. The van der Waals surface area contributed by atoms with Gasteiger partial charge in [0.25, 0.3) is 5.91 Å². The van der Waals surface area contributed by atoms with Crippen molar-refractivity contribution in [1.29, 1.82) is 0 Å². The molecule has 5 nitrogen and oxygen atoms in total. The van der Waals surface area contributed by atoms with E-state index in [1.165, 1.54) is 10.5 Å². The first-order valence-corrected chi connectivity index (χ1v) is 10.4. The Labute approximate surface area is 172 Å². The Kier molecular flexibility index (Phi) is 6.07. The second-order valence-corrected chi connectivity index (χ2v) is 8.08. The van der Waals surface area contributed by atoms with E-state index in [9.17, 15) is 9.59 Å². The van der Waals surface area contributed by atoms with Crippen molar-refractivity contribution >= 4 is 11.8 Å². The second-order valence-electron chi connectivity index (χ2n) is 8.08. The highest BCUT2D eigenvalue weighted by molar-refractivity contribution is 5.99. The minimum Gasteiger partial charge on any atom is -0.364 e. The maximum atomic E-state index is 13.0. The highest BCUT2D eigenvalue weighted by Crippen LogP contribution is 2.33. The number of nitrogens with zero attached hydrogens (tertiary/aromatic N) is 2. The minimum absolute atomic E-state index is 0.00444. The third kappa shape index (κ3) is 4.57. The van der Waals surface area contributed by atoms with Crippen molar-refractivity contribution in [3.8, 4) is 0 Å². The third-order valence-electron chi connectivity index (χ3n) is 5.99. The highest BCUT2D eigenvalue weighted by atomic mass is 16.5. The van der Waals surface area contributed by atoms with Crippen molar-refractivity contribution in [2.24, 2.45) is 5.92 Å². The van der Waals surface area contributed by atoms with Crippen LogP contribution in [0.5, 0.6) is 0 Å². The average Bonchev–Trinajstić information content (AvgIpc) is 3.07. The minimum atomic E-state index is -0.625. The van der Waals surface area contributed by atoms with Crippen molar-refractivity contribution < 1.29 is 14.3 Å². The van der Waals surface area contributed by atoms with E-state index >= 15 is 0 Å². The molecule has 0 aromatic heterocycles. The van der Waals surface area contributed by atoms with Crippen LogP contribution in [-0.2, 0) is 27.5 Å². The quantitative estimate of drug-likeness (QED) is 0.757. The lowest BCUT2D eigenvalue weighted by molar-refractivity contribution is -0.153. The lowest BCUT2D eigenvalue weighted by Crippen LogP contribution is -2.50. The van der Waals surface area contributed by atoms with Crippen LogP contribution in [0, 0.1) is 5.92 Å². The molecule has 0 radical (unpaired) electrons. The van der Waals surface area contributed by atoms with Crippen LogP contribution in [0.15, 0.2) is 60.7 Å². The van der Waals surface area contributed by atoms with E-state index in [0.717, 1.165) is 31.6 Å². The number of fused-ring (bicyclic) bond motifs is 1. The lowest BCUT2D eigenvalue weighted by atomic mass is 9.92. The summed E-state index contributed by atoms with van der Waals surface area (Å²) in [5.74, 6) is -0.0399. The average molecular weight is 392 g/mol. The monoisotopic (exact) mass is 392 g/mol. The number of carbonyl (C=O) groups is 2. The van der Waals surface area contributed by atoms with Crippen LogP contribution < -0.4 is 0 Å². The largest absolute Gasteiger partial charge is 0.364 e. The van der Waals surface area contributed by atoms with Gasteiger partial charge >= 0.3 is 0 Å². The summed E-state index contributed by atoms with van der Waals surface area (Å²) in [7, 11) is 0. The van der Waals surface area contributed by atoms with Crippen LogP contribution in [-0.4, -0.2) is 46.8 Å². The third-order valence-corrected chi connectivity index (χ3v) is 5.99. The van der Waals surface area contributed by atoms with Crippen LogP contribution >= 0.6 is 0 Å². The van der Waals surface area contributed by atoms with E-state index < -0.39 is 6.10 Å². The highest BCUT2D eigenvalue weighted by Gasteiger charge is 2.46. The SMILES string of the molecule is C[C@H](OCc1ccccc1)C(=O)N1C(=O)C[C@H]2CN(Cc3ccccc3)CC[C@H]21. The Hall–Kier alpha value is -2.50. The number of likely N-dealkylation sites (tertiary alicyclic amines) is 2. The molecular weight excluding hydrogens is 364 g/mol. The maximum Gasteiger partial charge on any atom is 0.258 e. The predicted molar refractivity (Wildman–Crippen MR) is 111 cm³/mol. The molecule has 2 heterocycles. The van der Waals surface area contributed by atoms with Crippen LogP contribution in [0.1, 0.15) is 30.9 Å². The molecule has 2 aromatic carbocycles. The smallest absolute Gasteiger partial charge is 0.258 e. The fourth-order valence-corrected chi connectivity index (χ4v) is 4.48. The summed E-state index contributed by atoms with van der Waals surface area (Å²) >= 11 is 0. The number of benzene rings is 2. The molecule has 4 rings (SSSR count). The van der Waals surface area contributed by atoms with E-state index in [1.807, 2.05) is 36.4 Å². The van der Waals surface area contributed by atoms with Gasteiger partial charge in [0.05, 0.1) is 6.61 Å². The number of rotatable bonds is 6. The normalized spacial score (nSPS) is 23.1. The predicted octanol–water partition coefficient (Wildman–Crippen LogP) is 3.24. The molecule has 2 aliphatic rings. The van der Waals surface area contributed by atoms with E-state index in [2.05, 4.69) is 29.2 Å². The second kappa shape index (κ2) is 8.89. The van der Waals surface area contributed by atoms with Gasteiger partial charge in [-0.25, -0.2) is 0 Å². The molecule has 29 heavy (non-hydrogen) atoms. The van der Waals surface area contributed by atoms with Gasteiger partial charge in [-0.15, -0.1) is 0 Å². The first kappa shape index (κ1) is 19.8. The van der Waals surface area contributed by atoms with Gasteiger partial charge in [-0.05, 0) is 24.5 Å². The first-order chi connectivity index (χ1) is 14.1. The fraction of sp³-hybridized carbons (Fsp3) is 0.417.